The zero-order valence-corrected chi connectivity index (χ0v) is 7.85. The van der Waals surface area contributed by atoms with Crippen LogP contribution in [-0.4, -0.2) is 9.48 Å². The summed E-state index contributed by atoms with van der Waals surface area (Å²) in [6.45, 7) is 5.82. The van der Waals surface area contributed by atoms with Crippen LogP contribution in [0, 0.1) is 5.92 Å². The lowest BCUT2D eigenvalue weighted by Crippen LogP contribution is -2.26. The fraction of sp³-hybridized carbons (Fsp3) is 0.625. The summed E-state index contributed by atoms with van der Waals surface area (Å²) in [6.07, 6.45) is 1.72. The summed E-state index contributed by atoms with van der Waals surface area (Å²) in [5.41, 5.74) is -0.721. The summed E-state index contributed by atoms with van der Waals surface area (Å²) in [5, 5.41) is 9.92. The van der Waals surface area contributed by atoms with Crippen molar-refractivity contribution in [3.63, 3.8) is 0 Å². The van der Waals surface area contributed by atoms with Gasteiger partial charge in [0, 0.05) is 6.20 Å². The maximum absolute atomic E-state index is 9.92. The van der Waals surface area contributed by atoms with E-state index in [-0.39, 0.29) is 5.92 Å². The van der Waals surface area contributed by atoms with Crippen molar-refractivity contribution in [3.8, 4) is 0 Å². The standard InChI is InChI=1S/C8H13NOS/c1-6(2)8(3,10)7-4-5-9-11-7/h4-6,10H,1-3H3. The topological polar surface area (TPSA) is 33.1 Å². The first kappa shape index (κ1) is 8.68. The van der Waals surface area contributed by atoms with Crippen LogP contribution in [-0.2, 0) is 5.60 Å². The Morgan fingerprint density at radius 1 is 1.64 bits per heavy atom. The third kappa shape index (κ3) is 1.60. The van der Waals surface area contributed by atoms with Crippen LogP contribution in [0.4, 0.5) is 0 Å². The van der Waals surface area contributed by atoms with Gasteiger partial charge >= 0.3 is 0 Å². The Labute approximate surface area is 71.1 Å². The summed E-state index contributed by atoms with van der Waals surface area (Å²) < 4.78 is 3.95. The molecule has 1 atom stereocenters. The maximum Gasteiger partial charge on any atom is 0.0998 e. The second-order valence-electron chi connectivity index (χ2n) is 3.18. The van der Waals surface area contributed by atoms with Crippen molar-refractivity contribution in [2.24, 2.45) is 5.92 Å². The van der Waals surface area contributed by atoms with E-state index in [4.69, 9.17) is 0 Å². The molecule has 1 heterocycles. The fourth-order valence-corrected chi connectivity index (χ4v) is 1.54. The molecule has 0 aromatic carbocycles. The SMILES string of the molecule is CC(C)C(C)(O)c1ccns1. The lowest BCUT2D eigenvalue weighted by molar-refractivity contribution is 0.0126. The third-order valence-electron chi connectivity index (χ3n) is 2.06. The van der Waals surface area contributed by atoms with Crippen LogP contribution in [0.15, 0.2) is 12.3 Å². The molecule has 2 nitrogen and oxygen atoms in total. The first-order valence-corrected chi connectivity index (χ1v) is 4.46. The average molecular weight is 171 g/mol. The highest BCUT2D eigenvalue weighted by molar-refractivity contribution is 7.05. The maximum atomic E-state index is 9.92. The van der Waals surface area contributed by atoms with Crippen molar-refractivity contribution in [2.45, 2.75) is 26.4 Å². The highest BCUT2D eigenvalue weighted by Gasteiger charge is 2.28. The summed E-state index contributed by atoms with van der Waals surface area (Å²) in [6, 6.07) is 1.87. The summed E-state index contributed by atoms with van der Waals surface area (Å²) in [4.78, 5) is 0.938. The monoisotopic (exact) mass is 171 g/mol. The van der Waals surface area contributed by atoms with Gasteiger partial charge in [-0.2, -0.15) is 0 Å². The Morgan fingerprint density at radius 2 is 2.27 bits per heavy atom. The molecule has 0 aliphatic rings. The van der Waals surface area contributed by atoms with E-state index in [9.17, 15) is 5.11 Å². The Morgan fingerprint density at radius 3 is 2.64 bits per heavy atom. The number of hydrogen-bond donors (Lipinski definition) is 1. The van der Waals surface area contributed by atoms with Gasteiger partial charge in [0.25, 0.3) is 0 Å². The van der Waals surface area contributed by atoms with E-state index in [0.29, 0.717) is 0 Å². The Balaban J connectivity index is 2.90. The van der Waals surface area contributed by atoms with E-state index < -0.39 is 5.60 Å². The van der Waals surface area contributed by atoms with Crippen LogP contribution in [0.1, 0.15) is 25.6 Å². The van der Waals surface area contributed by atoms with Crippen molar-refractivity contribution in [1.29, 1.82) is 0 Å². The minimum Gasteiger partial charge on any atom is -0.384 e. The molecule has 0 radical (unpaired) electrons. The van der Waals surface area contributed by atoms with Crippen LogP contribution < -0.4 is 0 Å². The van der Waals surface area contributed by atoms with Gasteiger partial charge in [0.2, 0.25) is 0 Å². The van der Waals surface area contributed by atoms with Crippen molar-refractivity contribution in [2.75, 3.05) is 0 Å². The highest BCUT2D eigenvalue weighted by Crippen LogP contribution is 2.30. The fourth-order valence-electron chi connectivity index (χ4n) is 0.761. The number of aliphatic hydroxyl groups is 1. The molecule has 0 saturated carbocycles. The second-order valence-corrected chi connectivity index (χ2v) is 4.01. The molecular weight excluding hydrogens is 158 g/mol. The molecule has 1 rings (SSSR count). The molecule has 0 aliphatic carbocycles. The summed E-state index contributed by atoms with van der Waals surface area (Å²) >= 11 is 1.36. The van der Waals surface area contributed by atoms with Gasteiger partial charge in [0.05, 0.1) is 10.5 Å². The third-order valence-corrected chi connectivity index (χ3v) is 3.03. The van der Waals surface area contributed by atoms with Crippen molar-refractivity contribution < 1.29 is 5.11 Å². The first-order chi connectivity index (χ1) is 5.05. The molecule has 1 aromatic rings. The van der Waals surface area contributed by atoms with Gasteiger partial charge in [-0.05, 0) is 30.4 Å². The highest BCUT2D eigenvalue weighted by atomic mass is 32.1. The van der Waals surface area contributed by atoms with Gasteiger partial charge in [-0.25, -0.2) is 4.37 Å². The molecule has 0 amide bonds. The average Bonchev–Trinajstić information content (AvgIpc) is 2.37. The van der Waals surface area contributed by atoms with E-state index in [1.807, 2.05) is 26.8 Å². The lowest BCUT2D eigenvalue weighted by atomic mass is 9.91. The van der Waals surface area contributed by atoms with Gasteiger partial charge in [0.1, 0.15) is 0 Å². The number of aromatic nitrogens is 1. The van der Waals surface area contributed by atoms with Gasteiger partial charge in [-0.15, -0.1) is 0 Å². The van der Waals surface area contributed by atoms with Crippen LogP contribution in [0.25, 0.3) is 0 Å². The van der Waals surface area contributed by atoms with Crippen LogP contribution in [0.5, 0.6) is 0 Å². The molecule has 0 spiro atoms. The minimum atomic E-state index is -0.721. The summed E-state index contributed by atoms with van der Waals surface area (Å²) in [7, 11) is 0. The second kappa shape index (κ2) is 2.91. The molecule has 0 saturated heterocycles. The molecule has 1 aromatic heterocycles. The van der Waals surface area contributed by atoms with Crippen molar-refractivity contribution in [3.05, 3.63) is 17.1 Å². The quantitative estimate of drug-likeness (QED) is 0.738. The number of hydrogen-bond acceptors (Lipinski definition) is 3. The normalized spacial score (nSPS) is 16.8. The molecule has 0 bridgehead atoms. The van der Waals surface area contributed by atoms with Crippen molar-refractivity contribution in [1.82, 2.24) is 4.37 Å². The van der Waals surface area contributed by atoms with Gasteiger partial charge in [-0.3, -0.25) is 0 Å². The molecule has 0 aliphatic heterocycles. The zero-order chi connectivity index (χ0) is 8.48. The van der Waals surface area contributed by atoms with Crippen molar-refractivity contribution >= 4 is 11.5 Å². The minimum absolute atomic E-state index is 0.225. The van der Waals surface area contributed by atoms with E-state index >= 15 is 0 Å². The predicted molar refractivity (Wildman–Crippen MR) is 46.5 cm³/mol. The van der Waals surface area contributed by atoms with E-state index in [1.54, 1.807) is 6.20 Å². The smallest absolute Gasteiger partial charge is 0.0998 e. The van der Waals surface area contributed by atoms with Gasteiger partial charge in [-0.1, -0.05) is 13.8 Å². The Kier molecular flexibility index (Phi) is 2.30. The molecular formula is C8H13NOS. The summed E-state index contributed by atoms with van der Waals surface area (Å²) in [5.74, 6) is 0.225. The van der Waals surface area contributed by atoms with E-state index in [2.05, 4.69) is 4.37 Å². The zero-order valence-electron chi connectivity index (χ0n) is 7.03. The van der Waals surface area contributed by atoms with Gasteiger partial charge in [0.15, 0.2) is 0 Å². The van der Waals surface area contributed by atoms with Gasteiger partial charge < -0.3 is 5.11 Å². The van der Waals surface area contributed by atoms with Crippen LogP contribution in [0.3, 0.4) is 0 Å². The van der Waals surface area contributed by atoms with E-state index in [0.717, 1.165) is 4.88 Å². The number of rotatable bonds is 2. The predicted octanol–water partition coefficient (Wildman–Crippen LogP) is 2.01. The molecule has 0 fully saturated rings. The molecule has 62 valence electrons. The Hall–Kier alpha value is -0.410. The molecule has 3 heteroatoms. The molecule has 11 heavy (non-hydrogen) atoms. The molecule has 1 N–H and O–H groups in total. The Bertz CT molecular complexity index is 216. The van der Waals surface area contributed by atoms with Crippen LogP contribution in [0.2, 0.25) is 0 Å². The van der Waals surface area contributed by atoms with E-state index in [1.165, 1.54) is 11.5 Å². The van der Waals surface area contributed by atoms with Crippen LogP contribution >= 0.6 is 11.5 Å². The largest absolute Gasteiger partial charge is 0.384 e. The molecule has 1 unspecified atom stereocenters. The lowest BCUT2D eigenvalue weighted by Gasteiger charge is -2.25. The first-order valence-electron chi connectivity index (χ1n) is 3.68. The number of nitrogens with zero attached hydrogens (tertiary/aromatic N) is 1.